The van der Waals surface area contributed by atoms with E-state index in [1.807, 2.05) is 54.3 Å². The van der Waals surface area contributed by atoms with Crippen molar-refractivity contribution in [1.82, 2.24) is 14.9 Å². The van der Waals surface area contributed by atoms with E-state index in [0.717, 1.165) is 72.1 Å². The fourth-order valence-corrected chi connectivity index (χ4v) is 4.89. The van der Waals surface area contributed by atoms with Crippen LogP contribution in [0.3, 0.4) is 0 Å². The summed E-state index contributed by atoms with van der Waals surface area (Å²) in [5.74, 6) is 3.18. The lowest BCUT2D eigenvalue weighted by Crippen LogP contribution is -2.40. The zero-order chi connectivity index (χ0) is 25.1. The van der Waals surface area contributed by atoms with E-state index in [2.05, 4.69) is 9.88 Å². The first-order valence-electron chi connectivity index (χ1n) is 12.4. The topological polar surface area (TPSA) is 77.0 Å². The Morgan fingerprint density at radius 1 is 0.972 bits per heavy atom. The third-order valence-corrected chi connectivity index (χ3v) is 6.90. The molecule has 1 aromatic carbocycles. The summed E-state index contributed by atoms with van der Waals surface area (Å²) in [4.78, 5) is 26.7. The van der Waals surface area contributed by atoms with Crippen molar-refractivity contribution < 1.29 is 19.0 Å². The van der Waals surface area contributed by atoms with Gasteiger partial charge in [-0.25, -0.2) is 9.97 Å². The van der Waals surface area contributed by atoms with Gasteiger partial charge in [-0.15, -0.1) is 0 Å². The van der Waals surface area contributed by atoms with Crippen molar-refractivity contribution in [1.29, 1.82) is 0 Å². The summed E-state index contributed by atoms with van der Waals surface area (Å²) in [6.45, 7) is 5.01. The van der Waals surface area contributed by atoms with Gasteiger partial charge in [0.05, 0.1) is 31.7 Å². The van der Waals surface area contributed by atoms with E-state index in [1.54, 1.807) is 20.4 Å². The zero-order valence-corrected chi connectivity index (χ0v) is 21.1. The molecule has 36 heavy (non-hydrogen) atoms. The first kappa shape index (κ1) is 23.9. The second-order valence-corrected chi connectivity index (χ2v) is 9.29. The Balaban J connectivity index is 1.22. The van der Waals surface area contributed by atoms with E-state index in [0.29, 0.717) is 19.0 Å². The molecule has 0 atom stereocenters. The molecule has 0 bridgehead atoms. The van der Waals surface area contributed by atoms with Gasteiger partial charge in [0, 0.05) is 51.5 Å². The molecule has 0 unspecified atom stereocenters. The average molecular weight is 489 g/mol. The number of hydrogen-bond donors (Lipinski definition) is 0. The number of nitrogens with zero attached hydrogens (tertiary/aromatic N) is 4. The number of rotatable bonds is 7. The maximum atomic E-state index is 13.3. The van der Waals surface area contributed by atoms with Gasteiger partial charge in [0.15, 0.2) is 0 Å². The lowest BCUT2D eigenvalue weighted by atomic mass is 10.0. The van der Waals surface area contributed by atoms with Gasteiger partial charge in [-0.3, -0.25) is 4.79 Å². The molecule has 5 rings (SSSR count). The van der Waals surface area contributed by atoms with Crippen molar-refractivity contribution >= 4 is 11.7 Å². The van der Waals surface area contributed by atoms with E-state index in [9.17, 15) is 4.79 Å². The largest absolute Gasteiger partial charge is 0.497 e. The van der Waals surface area contributed by atoms with Crippen LogP contribution in [0.4, 0.5) is 5.82 Å². The summed E-state index contributed by atoms with van der Waals surface area (Å²) in [5.41, 5.74) is 3.74. The van der Waals surface area contributed by atoms with E-state index in [4.69, 9.17) is 19.2 Å². The SMILES string of the molecule is COc1ccc(CN2CCc3nc(N4CCC(Oc5ccc(OC)nc5)CC4)c(C)cc3C2=O)cc1. The fraction of sp³-hybridized carbons (Fsp3) is 0.393. The Morgan fingerprint density at radius 3 is 2.39 bits per heavy atom. The van der Waals surface area contributed by atoms with Crippen molar-refractivity contribution in [3.05, 3.63) is 71.0 Å². The summed E-state index contributed by atoms with van der Waals surface area (Å²) in [6.07, 6.45) is 4.41. The zero-order valence-electron chi connectivity index (χ0n) is 21.1. The minimum Gasteiger partial charge on any atom is -0.497 e. The minimum atomic E-state index is 0.0504. The van der Waals surface area contributed by atoms with Gasteiger partial charge in [-0.1, -0.05) is 12.1 Å². The number of piperidine rings is 1. The van der Waals surface area contributed by atoms with Crippen LogP contribution in [0.25, 0.3) is 0 Å². The van der Waals surface area contributed by atoms with Crippen molar-refractivity contribution in [3.63, 3.8) is 0 Å². The molecule has 1 amide bonds. The maximum absolute atomic E-state index is 13.3. The van der Waals surface area contributed by atoms with Crippen LogP contribution in [0.15, 0.2) is 48.7 Å². The molecule has 1 fully saturated rings. The summed E-state index contributed by atoms with van der Waals surface area (Å²) in [5, 5.41) is 0. The number of amides is 1. The Kier molecular flexibility index (Phi) is 6.93. The second kappa shape index (κ2) is 10.4. The predicted molar refractivity (Wildman–Crippen MR) is 137 cm³/mol. The number of carbonyl (C=O) groups excluding carboxylic acids is 1. The molecule has 0 radical (unpaired) electrons. The van der Waals surface area contributed by atoms with Crippen LogP contribution in [-0.2, 0) is 13.0 Å². The quantitative estimate of drug-likeness (QED) is 0.497. The molecule has 2 aromatic heterocycles. The first-order chi connectivity index (χ1) is 17.5. The van der Waals surface area contributed by atoms with Crippen LogP contribution in [0.5, 0.6) is 17.4 Å². The smallest absolute Gasteiger partial charge is 0.256 e. The number of benzene rings is 1. The monoisotopic (exact) mass is 488 g/mol. The third-order valence-electron chi connectivity index (χ3n) is 6.90. The average Bonchev–Trinajstić information content (AvgIpc) is 2.92. The Labute approximate surface area is 211 Å². The summed E-state index contributed by atoms with van der Waals surface area (Å²) in [7, 11) is 3.25. The molecule has 1 saturated heterocycles. The maximum Gasteiger partial charge on any atom is 0.256 e. The number of methoxy groups -OCH3 is 2. The normalized spacial score (nSPS) is 16.0. The van der Waals surface area contributed by atoms with Gasteiger partial charge in [0.2, 0.25) is 5.88 Å². The van der Waals surface area contributed by atoms with Crippen molar-refractivity contribution in [3.8, 4) is 17.4 Å². The standard InChI is InChI=1S/C28H32N4O4/c1-19-16-24-25(12-15-32(28(24)33)18-20-4-6-21(34-2)7-5-20)30-27(19)31-13-10-22(11-14-31)36-23-8-9-26(35-3)29-17-23/h4-9,16-17,22H,10-15,18H2,1-3H3. The van der Waals surface area contributed by atoms with Crippen LogP contribution >= 0.6 is 0 Å². The highest BCUT2D eigenvalue weighted by Crippen LogP contribution is 2.29. The van der Waals surface area contributed by atoms with E-state index < -0.39 is 0 Å². The molecule has 4 heterocycles. The predicted octanol–water partition coefficient (Wildman–Crippen LogP) is 4.05. The van der Waals surface area contributed by atoms with E-state index in [-0.39, 0.29) is 12.0 Å². The molecule has 0 spiro atoms. The highest BCUT2D eigenvalue weighted by Gasteiger charge is 2.29. The number of pyridine rings is 2. The number of anilines is 1. The number of ether oxygens (including phenoxy) is 3. The van der Waals surface area contributed by atoms with Crippen molar-refractivity contribution in [2.45, 2.75) is 38.8 Å². The molecule has 0 aliphatic carbocycles. The summed E-state index contributed by atoms with van der Waals surface area (Å²) in [6, 6.07) is 13.6. The molecular formula is C28H32N4O4. The minimum absolute atomic E-state index is 0.0504. The van der Waals surface area contributed by atoms with Gasteiger partial charge in [0.1, 0.15) is 23.4 Å². The Bertz CT molecular complexity index is 1210. The number of hydrogen-bond acceptors (Lipinski definition) is 7. The lowest BCUT2D eigenvalue weighted by Gasteiger charge is -2.35. The van der Waals surface area contributed by atoms with E-state index in [1.165, 1.54) is 0 Å². The first-order valence-corrected chi connectivity index (χ1v) is 12.4. The Hall–Kier alpha value is -3.81. The van der Waals surface area contributed by atoms with Gasteiger partial charge >= 0.3 is 0 Å². The molecule has 0 saturated carbocycles. The lowest BCUT2D eigenvalue weighted by molar-refractivity contribution is 0.0725. The molecule has 3 aromatic rings. The van der Waals surface area contributed by atoms with Crippen molar-refractivity contribution in [2.24, 2.45) is 0 Å². The molecule has 8 heteroatoms. The van der Waals surface area contributed by atoms with Crippen LogP contribution in [0.2, 0.25) is 0 Å². The van der Waals surface area contributed by atoms with Gasteiger partial charge in [-0.05, 0) is 42.3 Å². The molecule has 0 N–H and O–H groups in total. The fourth-order valence-electron chi connectivity index (χ4n) is 4.89. The summed E-state index contributed by atoms with van der Waals surface area (Å²) < 4.78 is 16.5. The van der Waals surface area contributed by atoms with E-state index >= 15 is 0 Å². The highest BCUT2D eigenvalue weighted by molar-refractivity contribution is 5.96. The van der Waals surface area contributed by atoms with Crippen molar-refractivity contribution in [2.75, 3.05) is 38.8 Å². The number of carbonyl (C=O) groups is 1. The number of aromatic nitrogens is 2. The highest BCUT2D eigenvalue weighted by atomic mass is 16.5. The van der Waals surface area contributed by atoms with Gasteiger partial charge in [-0.2, -0.15) is 0 Å². The summed E-state index contributed by atoms with van der Waals surface area (Å²) >= 11 is 0. The molecule has 2 aliphatic heterocycles. The third kappa shape index (κ3) is 5.08. The van der Waals surface area contributed by atoms with Crippen LogP contribution in [0.1, 0.15) is 40.0 Å². The van der Waals surface area contributed by atoms with Crippen LogP contribution in [-0.4, -0.2) is 60.7 Å². The number of aryl methyl sites for hydroxylation is 1. The molecule has 2 aliphatic rings. The van der Waals surface area contributed by atoms with Crippen LogP contribution in [0, 0.1) is 6.92 Å². The molecular weight excluding hydrogens is 456 g/mol. The van der Waals surface area contributed by atoms with Gasteiger partial charge < -0.3 is 24.0 Å². The number of fused-ring (bicyclic) bond motifs is 1. The Morgan fingerprint density at radius 2 is 1.72 bits per heavy atom. The molecule has 8 nitrogen and oxygen atoms in total. The second-order valence-electron chi connectivity index (χ2n) is 9.29. The van der Waals surface area contributed by atoms with Gasteiger partial charge in [0.25, 0.3) is 5.91 Å². The molecule has 188 valence electrons. The van der Waals surface area contributed by atoms with Crippen LogP contribution < -0.4 is 19.1 Å².